The Balaban J connectivity index is 1.75. The molecule has 0 amide bonds. The lowest BCUT2D eigenvalue weighted by Gasteiger charge is -2.12. The molecule has 1 aliphatic rings. The summed E-state index contributed by atoms with van der Waals surface area (Å²) in [6, 6.07) is 5.57. The molecule has 90 valence electrons. The van der Waals surface area contributed by atoms with Gasteiger partial charge in [0.05, 0.1) is 6.54 Å². The maximum absolute atomic E-state index is 5.72. The Bertz CT molecular complexity index is 530. The van der Waals surface area contributed by atoms with Gasteiger partial charge in [0.25, 0.3) is 0 Å². The van der Waals surface area contributed by atoms with E-state index in [1.54, 1.807) is 0 Å². The second-order valence-electron chi connectivity index (χ2n) is 4.97. The van der Waals surface area contributed by atoms with Gasteiger partial charge in [0.2, 0.25) is 5.89 Å². The van der Waals surface area contributed by atoms with Gasteiger partial charge in [-0.25, -0.2) is 4.98 Å². The smallest absolute Gasteiger partial charge is 0.209 e. The molecule has 2 aromatic rings. The third-order valence-electron chi connectivity index (χ3n) is 3.13. The van der Waals surface area contributed by atoms with Gasteiger partial charge < -0.3 is 10.2 Å². The first-order valence-electron chi connectivity index (χ1n) is 6.04. The Morgan fingerprint density at radius 2 is 2.29 bits per heavy atom. The van der Waals surface area contributed by atoms with E-state index >= 15 is 0 Å². The highest BCUT2D eigenvalue weighted by Crippen LogP contribution is 2.29. The lowest BCUT2D eigenvalue weighted by Crippen LogP contribution is -2.20. The zero-order valence-corrected chi connectivity index (χ0v) is 10.0. The molecule has 0 aliphatic heterocycles. The molecule has 1 saturated carbocycles. The van der Waals surface area contributed by atoms with E-state index in [2.05, 4.69) is 16.9 Å². The quantitative estimate of drug-likeness (QED) is 0.820. The maximum atomic E-state index is 5.72. The van der Waals surface area contributed by atoms with Crippen LogP contribution in [0, 0.1) is 5.92 Å². The number of oxazole rings is 1. The number of fused-ring (bicyclic) bond motifs is 1. The van der Waals surface area contributed by atoms with Crippen LogP contribution in [0.2, 0.25) is 0 Å². The number of anilines is 1. The molecule has 1 aliphatic carbocycles. The minimum Gasteiger partial charge on any atom is -0.439 e. The monoisotopic (exact) mass is 231 g/mol. The molecule has 3 rings (SSSR count). The van der Waals surface area contributed by atoms with Crippen molar-refractivity contribution in [3.63, 3.8) is 0 Å². The topological polar surface area (TPSA) is 55.3 Å². The predicted molar refractivity (Wildman–Crippen MR) is 67.5 cm³/mol. The Hall–Kier alpha value is -1.55. The van der Waals surface area contributed by atoms with Crippen molar-refractivity contribution < 1.29 is 4.42 Å². The molecule has 0 saturated heterocycles. The van der Waals surface area contributed by atoms with Crippen molar-refractivity contribution in [2.45, 2.75) is 19.4 Å². The van der Waals surface area contributed by atoms with Gasteiger partial charge in [-0.05, 0) is 44.0 Å². The molecular weight excluding hydrogens is 214 g/mol. The minimum absolute atomic E-state index is 0.726. The average Bonchev–Trinajstić information content (AvgIpc) is 2.97. The van der Waals surface area contributed by atoms with Gasteiger partial charge >= 0.3 is 0 Å². The van der Waals surface area contributed by atoms with E-state index in [1.807, 2.05) is 18.2 Å². The van der Waals surface area contributed by atoms with E-state index in [9.17, 15) is 0 Å². The number of nitrogens with two attached hydrogens (primary N) is 1. The lowest BCUT2D eigenvalue weighted by molar-refractivity contribution is 0.282. The highest BCUT2D eigenvalue weighted by Gasteiger charge is 2.23. The van der Waals surface area contributed by atoms with Crippen LogP contribution in [0.15, 0.2) is 22.6 Å². The first-order valence-corrected chi connectivity index (χ1v) is 6.04. The molecule has 1 fully saturated rings. The van der Waals surface area contributed by atoms with E-state index in [1.165, 1.54) is 12.8 Å². The molecule has 0 spiro atoms. The molecular formula is C13H17N3O. The van der Waals surface area contributed by atoms with Gasteiger partial charge in [-0.1, -0.05) is 0 Å². The van der Waals surface area contributed by atoms with Crippen LogP contribution in [0.1, 0.15) is 18.7 Å². The second kappa shape index (κ2) is 4.04. The van der Waals surface area contributed by atoms with Crippen molar-refractivity contribution in [3.05, 3.63) is 24.1 Å². The number of nitrogen functional groups attached to an aromatic ring is 1. The van der Waals surface area contributed by atoms with Crippen LogP contribution in [0.5, 0.6) is 0 Å². The first-order chi connectivity index (χ1) is 8.20. The third kappa shape index (κ3) is 2.42. The van der Waals surface area contributed by atoms with Crippen LogP contribution in [0.3, 0.4) is 0 Å². The SMILES string of the molecule is CN(Cc1nc2cc(N)ccc2o1)CC1CC1. The second-order valence-corrected chi connectivity index (χ2v) is 4.97. The largest absolute Gasteiger partial charge is 0.439 e. The summed E-state index contributed by atoms with van der Waals surface area (Å²) in [6.45, 7) is 1.91. The summed E-state index contributed by atoms with van der Waals surface area (Å²) in [7, 11) is 2.11. The van der Waals surface area contributed by atoms with E-state index in [4.69, 9.17) is 10.2 Å². The van der Waals surface area contributed by atoms with Crippen LogP contribution in [-0.2, 0) is 6.54 Å². The summed E-state index contributed by atoms with van der Waals surface area (Å²) >= 11 is 0. The molecule has 4 nitrogen and oxygen atoms in total. The summed E-state index contributed by atoms with van der Waals surface area (Å²) in [4.78, 5) is 6.72. The van der Waals surface area contributed by atoms with Gasteiger partial charge in [-0.2, -0.15) is 0 Å². The van der Waals surface area contributed by atoms with Gasteiger partial charge in [-0.3, -0.25) is 4.90 Å². The Kier molecular flexibility index (Phi) is 2.52. The van der Waals surface area contributed by atoms with Crippen molar-refractivity contribution in [1.82, 2.24) is 9.88 Å². The molecule has 1 aromatic heterocycles. The summed E-state index contributed by atoms with van der Waals surface area (Å²) in [5.74, 6) is 1.66. The van der Waals surface area contributed by atoms with Crippen LogP contribution in [0.25, 0.3) is 11.1 Å². The predicted octanol–water partition coefficient (Wildman–Crippen LogP) is 2.25. The molecule has 4 heteroatoms. The van der Waals surface area contributed by atoms with E-state index in [0.29, 0.717) is 0 Å². The maximum Gasteiger partial charge on any atom is 0.209 e. The first kappa shape index (κ1) is 10.6. The fraction of sp³-hybridized carbons (Fsp3) is 0.462. The van der Waals surface area contributed by atoms with Crippen molar-refractivity contribution in [2.75, 3.05) is 19.3 Å². The van der Waals surface area contributed by atoms with Crippen LogP contribution < -0.4 is 5.73 Å². The Morgan fingerprint density at radius 3 is 3.06 bits per heavy atom. The van der Waals surface area contributed by atoms with Gasteiger partial charge in [0, 0.05) is 12.2 Å². The van der Waals surface area contributed by atoms with Gasteiger partial charge in [0.1, 0.15) is 5.52 Å². The number of hydrogen-bond acceptors (Lipinski definition) is 4. The van der Waals surface area contributed by atoms with Gasteiger partial charge in [-0.15, -0.1) is 0 Å². The molecule has 1 aromatic carbocycles. The number of rotatable bonds is 4. The Morgan fingerprint density at radius 1 is 1.47 bits per heavy atom. The molecule has 17 heavy (non-hydrogen) atoms. The summed E-state index contributed by atoms with van der Waals surface area (Å²) in [5, 5.41) is 0. The third-order valence-corrected chi connectivity index (χ3v) is 3.13. The van der Waals surface area contributed by atoms with Crippen LogP contribution in [-0.4, -0.2) is 23.5 Å². The standard InChI is InChI=1S/C13H17N3O/c1-16(7-9-2-3-9)8-13-15-11-6-10(14)4-5-12(11)17-13/h4-6,9H,2-3,7-8,14H2,1H3. The van der Waals surface area contributed by atoms with Crippen molar-refractivity contribution in [3.8, 4) is 0 Å². The van der Waals surface area contributed by atoms with Crippen LogP contribution in [0.4, 0.5) is 5.69 Å². The number of hydrogen-bond donors (Lipinski definition) is 1. The highest BCUT2D eigenvalue weighted by molar-refractivity contribution is 5.76. The lowest BCUT2D eigenvalue weighted by atomic mass is 10.3. The molecule has 0 bridgehead atoms. The average molecular weight is 231 g/mol. The fourth-order valence-electron chi connectivity index (χ4n) is 2.10. The number of nitrogens with zero attached hydrogens (tertiary/aromatic N) is 2. The highest BCUT2D eigenvalue weighted by atomic mass is 16.3. The summed E-state index contributed by atoms with van der Waals surface area (Å²) in [6.07, 6.45) is 2.74. The molecule has 0 atom stereocenters. The van der Waals surface area contributed by atoms with E-state index in [-0.39, 0.29) is 0 Å². The molecule has 0 radical (unpaired) electrons. The summed E-state index contributed by atoms with van der Waals surface area (Å²) in [5.41, 5.74) is 8.10. The summed E-state index contributed by atoms with van der Waals surface area (Å²) < 4.78 is 5.69. The minimum atomic E-state index is 0.726. The van der Waals surface area contributed by atoms with Crippen molar-refractivity contribution in [1.29, 1.82) is 0 Å². The zero-order valence-electron chi connectivity index (χ0n) is 10.0. The van der Waals surface area contributed by atoms with Crippen molar-refractivity contribution >= 4 is 16.8 Å². The van der Waals surface area contributed by atoms with Crippen LogP contribution >= 0.6 is 0 Å². The Labute approximate surface area is 100 Å². The van der Waals surface area contributed by atoms with E-state index < -0.39 is 0 Å². The fourth-order valence-corrected chi connectivity index (χ4v) is 2.10. The van der Waals surface area contributed by atoms with Gasteiger partial charge in [0.15, 0.2) is 5.58 Å². The zero-order chi connectivity index (χ0) is 11.8. The normalized spacial score (nSPS) is 15.9. The number of benzene rings is 1. The van der Waals surface area contributed by atoms with E-state index in [0.717, 1.165) is 41.7 Å². The molecule has 2 N–H and O–H groups in total. The number of aromatic nitrogens is 1. The molecule has 1 heterocycles. The van der Waals surface area contributed by atoms with Crippen molar-refractivity contribution in [2.24, 2.45) is 5.92 Å². The molecule has 0 unspecified atom stereocenters.